The van der Waals surface area contributed by atoms with Crippen molar-refractivity contribution in [1.29, 1.82) is 0 Å². The van der Waals surface area contributed by atoms with E-state index in [1.807, 2.05) is 11.8 Å². The topological polar surface area (TPSA) is 44.4 Å². The maximum absolute atomic E-state index is 13.5. The summed E-state index contributed by atoms with van der Waals surface area (Å²) in [5, 5.41) is 6.18. The molecule has 1 fully saturated rings. The molecule has 1 aliphatic rings. The van der Waals surface area contributed by atoms with E-state index in [2.05, 4.69) is 17.6 Å². The minimum absolute atomic E-state index is 0.0145. The standard InChI is InChI=1S/C15H22FN3O/c1-3-6-17-11(2)13-9-12(16)4-5-14(13)19-8-7-18-15(20)10-19/h4-5,9,11,17H,3,6-8,10H2,1-2H3,(H,18,20). The van der Waals surface area contributed by atoms with E-state index < -0.39 is 0 Å². The summed E-state index contributed by atoms with van der Waals surface area (Å²) in [6.45, 7) is 6.73. The minimum Gasteiger partial charge on any atom is -0.360 e. The van der Waals surface area contributed by atoms with Gasteiger partial charge in [0.25, 0.3) is 0 Å². The van der Waals surface area contributed by atoms with Gasteiger partial charge in [-0.25, -0.2) is 4.39 Å². The Labute approximate surface area is 119 Å². The third-order valence-electron chi connectivity index (χ3n) is 3.54. The molecule has 2 rings (SSSR count). The molecule has 1 aromatic carbocycles. The molecule has 1 heterocycles. The monoisotopic (exact) mass is 279 g/mol. The van der Waals surface area contributed by atoms with Crippen LogP contribution >= 0.6 is 0 Å². The van der Waals surface area contributed by atoms with Crippen LogP contribution in [0, 0.1) is 5.82 Å². The number of anilines is 1. The lowest BCUT2D eigenvalue weighted by Crippen LogP contribution is -2.48. The van der Waals surface area contributed by atoms with Crippen molar-refractivity contribution in [3.05, 3.63) is 29.6 Å². The maximum Gasteiger partial charge on any atom is 0.239 e. The molecule has 1 saturated heterocycles. The van der Waals surface area contributed by atoms with Crippen LogP contribution in [0.5, 0.6) is 0 Å². The largest absolute Gasteiger partial charge is 0.360 e. The third kappa shape index (κ3) is 3.48. The molecular weight excluding hydrogens is 257 g/mol. The average molecular weight is 279 g/mol. The highest BCUT2D eigenvalue weighted by Crippen LogP contribution is 2.27. The van der Waals surface area contributed by atoms with Gasteiger partial charge in [-0.1, -0.05) is 6.92 Å². The highest BCUT2D eigenvalue weighted by Gasteiger charge is 2.21. The van der Waals surface area contributed by atoms with E-state index in [0.29, 0.717) is 13.1 Å². The Kier molecular flexibility index (Phi) is 4.95. The molecule has 1 unspecified atom stereocenters. The second kappa shape index (κ2) is 6.70. The first-order valence-electron chi connectivity index (χ1n) is 7.16. The van der Waals surface area contributed by atoms with Gasteiger partial charge >= 0.3 is 0 Å². The number of halogens is 1. The highest BCUT2D eigenvalue weighted by atomic mass is 19.1. The predicted octanol–water partition coefficient (Wildman–Crippen LogP) is 1.82. The van der Waals surface area contributed by atoms with E-state index in [0.717, 1.165) is 30.8 Å². The third-order valence-corrected chi connectivity index (χ3v) is 3.54. The Morgan fingerprint density at radius 1 is 1.50 bits per heavy atom. The smallest absolute Gasteiger partial charge is 0.239 e. The number of rotatable bonds is 5. The highest BCUT2D eigenvalue weighted by molar-refractivity contribution is 5.83. The Morgan fingerprint density at radius 3 is 3.00 bits per heavy atom. The van der Waals surface area contributed by atoms with Gasteiger partial charge in [0, 0.05) is 24.8 Å². The number of nitrogens with one attached hydrogen (secondary N) is 2. The van der Waals surface area contributed by atoms with Gasteiger partial charge < -0.3 is 15.5 Å². The molecule has 5 heteroatoms. The van der Waals surface area contributed by atoms with Crippen LogP contribution in [0.15, 0.2) is 18.2 Å². The van der Waals surface area contributed by atoms with Crippen molar-refractivity contribution in [2.75, 3.05) is 31.1 Å². The van der Waals surface area contributed by atoms with E-state index >= 15 is 0 Å². The quantitative estimate of drug-likeness (QED) is 0.864. The molecule has 1 amide bonds. The average Bonchev–Trinajstić information content (AvgIpc) is 2.44. The zero-order valence-corrected chi connectivity index (χ0v) is 12.1. The number of nitrogens with zero attached hydrogens (tertiary/aromatic N) is 1. The zero-order valence-electron chi connectivity index (χ0n) is 12.1. The molecule has 0 saturated carbocycles. The Morgan fingerprint density at radius 2 is 2.30 bits per heavy atom. The number of benzene rings is 1. The van der Waals surface area contributed by atoms with Crippen LogP contribution in [0.3, 0.4) is 0 Å². The number of carbonyl (C=O) groups is 1. The number of hydrogen-bond acceptors (Lipinski definition) is 3. The lowest BCUT2D eigenvalue weighted by atomic mass is 10.0. The van der Waals surface area contributed by atoms with Crippen LogP contribution in [-0.4, -0.2) is 32.1 Å². The van der Waals surface area contributed by atoms with Gasteiger partial charge in [0.1, 0.15) is 5.82 Å². The van der Waals surface area contributed by atoms with Crippen molar-refractivity contribution >= 4 is 11.6 Å². The van der Waals surface area contributed by atoms with Crippen LogP contribution in [0.4, 0.5) is 10.1 Å². The molecule has 1 aromatic rings. The second-order valence-corrected chi connectivity index (χ2v) is 5.15. The lowest BCUT2D eigenvalue weighted by molar-refractivity contribution is -0.120. The van der Waals surface area contributed by atoms with Crippen molar-refractivity contribution in [1.82, 2.24) is 10.6 Å². The summed E-state index contributed by atoms with van der Waals surface area (Å²) < 4.78 is 13.5. The Bertz CT molecular complexity index is 478. The summed E-state index contributed by atoms with van der Waals surface area (Å²) in [5.41, 5.74) is 1.85. The van der Waals surface area contributed by atoms with E-state index in [4.69, 9.17) is 0 Å². The molecule has 110 valence electrons. The number of piperazine rings is 1. The molecule has 2 N–H and O–H groups in total. The Hall–Kier alpha value is -1.62. The number of hydrogen-bond donors (Lipinski definition) is 2. The van der Waals surface area contributed by atoms with Crippen LogP contribution in [0.1, 0.15) is 31.9 Å². The first kappa shape index (κ1) is 14.8. The molecule has 0 aliphatic carbocycles. The van der Waals surface area contributed by atoms with Gasteiger partial charge in [-0.05, 0) is 43.7 Å². The van der Waals surface area contributed by atoms with Gasteiger partial charge in [0.2, 0.25) is 5.91 Å². The molecule has 1 atom stereocenters. The second-order valence-electron chi connectivity index (χ2n) is 5.15. The van der Waals surface area contributed by atoms with Crippen LogP contribution in [-0.2, 0) is 4.79 Å². The van der Waals surface area contributed by atoms with Crippen molar-refractivity contribution in [3.8, 4) is 0 Å². The van der Waals surface area contributed by atoms with Gasteiger partial charge in [-0.3, -0.25) is 4.79 Å². The number of carbonyl (C=O) groups excluding carboxylic acids is 1. The van der Waals surface area contributed by atoms with Crippen LogP contribution in [0.2, 0.25) is 0 Å². The van der Waals surface area contributed by atoms with Crippen LogP contribution in [0.25, 0.3) is 0 Å². The van der Waals surface area contributed by atoms with Crippen molar-refractivity contribution in [2.45, 2.75) is 26.3 Å². The molecule has 20 heavy (non-hydrogen) atoms. The molecule has 0 bridgehead atoms. The SMILES string of the molecule is CCCNC(C)c1cc(F)ccc1N1CCNC(=O)C1. The summed E-state index contributed by atoms with van der Waals surface area (Å²) in [6.07, 6.45) is 1.03. The number of amides is 1. The molecular formula is C15H22FN3O. The first-order valence-corrected chi connectivity index (χ1v) is 7.16. The fourth-order valence-electron chi connectivity index (χ4n) is 2.48. The fraction of sp³-hybridized carbons (Fsp3) is 0.533. The van der Waals surface area contributed by atoms with Gasteiger partial charge in [0.05, 0.1) is 6.54 Å². The lowest BCUT2D eigenvalue weighted by Gasteiger charge is -2.31. The molecule has 4 nitrogen and oxygen atoms in total. The molecule has 0 radical (unpaired) electrons. The van der Waals surface area contributed by atoms with Crippen LogP contribution < -0.4 is 15.5 Å². The van der Waals surface area contributed by atoms with Gasteiger partial charge in [-0.2, -0.15) is 0 Å². The fourth-order valence-corrected chi connectivity index (χ4v) is 2.48. The Balaban J connectivity index is 2.24. The van der Waals surface area contributed by atoms with Gasteiger partial charge in [-0.15, -0.1) is 0 Å². The summed E-state index contributed by atoms with van der Waals surface area (Å²) >= 11 is 0. The van der Waals surface area contributed by atoms with E-state index in [1.165, 1.54) is 6.07 Å². The first-order chi connectivity index (χ1) is 9.61. The van der Waals surface area contributed by atoms with E-state index in [9.17, 15) is 9.18 Å². The van der Waals surface area contributed by atoms with E-state index in [-0.39, 0.29) is 17.8 Å². The molecule has 0 aromatic heterocycles. The molecule has 0 spiro atoms. The van der Waals surface area contributed by atoms with E-state index in [1.54, 1.807) is 12.1 Å². The van der Waals surface area contributed by atoms with Crippen molar-refractivity contribution in [2.24, 2.45) is 0 Å². The van der Waals surface area contributed by atoms with Gasteiger partial charge in [0.15, 0.2) is 0 Å². The summed E-state index contributed by atoms with van der Waals surface area (Å²) in [4.78, 5) is 13.5. The summed E-state index contributed by atoms with van der Waals surface area (Å²) in [6, 6.07) is 4.85. The van der Waals surface area contributed by atoms with Crippen molar-refractivity contribution in [3.63, 3.8) is 0 Å². The minimum atomic E-state index is -0.240. The normalized spacial score (nSPS) is 16.9. The van der Waals surface area contributed by atoms with Crippen molar-refractivity contribution < 1.29 is 9.18 Å². The zero-order chi connectivity index (χ0) is 14.5. The summed E-state index contributed by atoms with van der Waals surface area (Å²) in [7, 11) is 0. The summed E-state index contributed by atoms with van der Waals surface area (Å²) in [5.74, 6) is -0.226. The maximum atomic E-state index is 13.5. The predicted molar refractivity (Wildman–Crippen MR) is 78.3 cm³/mol. The molecule has 1 aliphatic heterocycles.